The molecule has 2 rings (SSSR count). The smallest absolute Gasteiger partial charge is 0.0381 e. The summed E-state index contributed by atoms with van der Waals surface area (Å²) in [6.07, 6.45) is 7.77. The molecule has 0 radical (unpaired) electrons. The van der Waals surface area contributed by atoms with Crippen molar-refractivity contribution in [3.63, 3.8) is 0 Å². The van der Waals surface area contributed by atoms with E-state index in [4.69, 9.17) is 5.41 Å². The van der Waals surface area contributed by atoms with Crippen LogP contribution in [0.3, 0.4) is 0 Å². The molecule has 1 aromatic heterocycles. The second-order valence-corrected chi connectivity index (χ2v) is 5.25. The van der Waals surface area contributed by atoms with Gasteiger partial charge in [0.1, 0.15) is 0 Å². The molecule has 0 fully saturated rings. The number of thiophene rings is 1. The zero-order chi connectivity index (χ0) is 13.1. The first-order valence-electron chi connectivity index (χ1n) is 6.04. The molecule has 1 nitrogen and oxygen atoms in total. The molecule has 2 heteroatoms. The number of rotatable bonds is 3. The molecule has 0 atom stereocenters. The fraction of sp³-hybridized carbons (Fsp3) is 0.188. The van der Waals surface area contributed by atoms with Crippen LogP contribution < -0.4 is 0 Å². The molecule has 0 saturated carbocycles. The molecule has 0 aliphatic carbocycles. The second-order valence-electron chi connectivity index (χ2n) is 4.20. The van der Waals surface area contributed by atoms with Gasteiger partial charge >= 0.3 is 0 Å². The van der Waals surface area contributed by atoms with Gasteiger partial charge in [0.25, 0.3) is 0 Å². The van der Waals surface area contributed by atoms with E-state index in [0.29, 0.717) is 0 Å². The Hall–Kier alpha value is -1.67. The zero-order valence-corrected chi connectivity index (χ0v) is 11.8. The maximum atomic E-state index is 7.32. The van der Waals surface area contributed by atoms with Gasteiger partial charge in [0, 0.05) is 15.8 Å². The Morgan fingerprint density at radius 2 is 2.06 bits per heavy atom. The fourth-order valence-corrected chi connectivity index (χ4v) is 3.40. The molecule has 92 valence electrons. The van der Waals surface area contributed by atoms with Crippen molar-refractivity contribution in [3.05, 3.63) is 52.4 Å². The monoisotopic (exact) mass is 255 g/mol. The third kappa shape index (κ3) is 2.16. The lowest BCUT2D eigenvalue weighted by molar-refractivity contribution is 1.53. The third-order valence-corrected chi connectivity index (χ3v) is 4.35. The molecule has 0 amide bonds. The Balaban J connectivity index is 2.66. The predicted molar refractivity (Wildman–Crippen MR) is 82.9 cm³/mol. The third-order valence-electron chi connectivity index (χ3n) is 3.05. The van der Waals surface area contributed by atoms with Gasteiger partial charge in [-0.15, -0.1) is 11.3 Å². The minimum absolute atomic E-state index is 0.961. The molecule has 1 N–H and O–H groups in total. The molecule has 0 saturated heterocycles. The number of allylic oxidation sites excluding steroid dienone is 4. The summed E-state index contributed by atoms with van der Waals surface area (Å²) in [6.45, 7) is 6.28. The van der Waals surface area contributed by atoms with Gasteiger partial charge in [-0.3, -0.25) is 0 Å². The van der Waals surface area contributed by atoms with Crippen molar-refractivity contribution in [1.29, 1.82) is 5.41 Å². The van der Waals surface area contributed by atoms with Gasteiger partial charge in [-0.25, -0.2) is 0 Å². The fourth-order valence-electron chi connectivity index (χ4n) is 2.09. The summed E-state index contributed by atoms with van der Waals surface area (Å²) in [6, 6.07) is 6.21. The van der Waals surface area contributed by atoms with E-state index in [9.17, 15) is 0 Å². The topological polar surface area (TPSA) is 23.9 Å². The van der Waals surface area contributed by atoms with E-state index >= 15 is 0 Å². The second kappa shape index (κ2) is 5.32. The summed E-state index contributed by atoms with van der Waals surface area (Å²) in [7, 11) is 0. The van der Waals surface area contributed by atoms with Gasteiger partial charge in [0.05, 0.1) is 0 Å². The Bertz CT molecular complexity index is 644. The lowest BCUT2D eigenvalue weighted by Crippen LogP contribution is -1.79. The molecule has 0 aliphatic heterocycles. The largest absolute Gasteiger partial charge is 0.308 e. The van der Waals surface area contributed by atoms with Crippen LogP contribution in [0.15, 0.2) is 36.4 Å². The van der Waals surface area contributed by atoms with Crippen molar-refractivity contribution in [1.82, 2.24) is 0 Å². The van der Waals surface area contributed by atoms with Gasteiger partial charge in [0.15, 0.2) is 0 Å². The van der Waals surface area contributed by atoms with Crippen molar-refractivity contribution in [2.24, 2.45) is 0 Å². The molecular formula is C16H17NS. The molecule has 0 unspecified atom stereocenters. The number of hydrogen-bond acceptors (Lipinski definition) is 2. The summed E-state index contributed by atoms with van der Waals surface area (Å²) in [5.74, 6) is 0. The maximum Gasteiger partial charge on any atom is 0.0381 e. The Labute approximate surface area is 112 Å². The summed E-state index contributed by atoms with van der Waals surface area (Å²) in [5, 5.41) is 8.62. The summed E-state index contributed by atoms with van der Waals surface area (Å²) >= 11 is 1.80. The summed E-state index contributed by atoms with van der Waals surface area (Å²) in [5.41, 5.74) is 3.56. The van der Waals surface area contributed by atoms with Crippen LogP contribution in [0.4, 0.5) is 0 Å². The lowest BCUT2D eigenvalue weighted by Gasteiger charge is -1.99. The molecule has 2 aromatic rings. The van der Waals surface area contributed by atoms with Crippen LogP contribution in [-0.4, -0.2) is 6.21 Å². The van der Waals surface area contributed by atoms with E-state index in [2.05, 4.69) is 44.2 Å². The normalized spacial score (nSPS) is 12.5. The number of nitrogens with one attached hydrogen (secondary N) is 1. The zero-order valence-electron chi connectivity index (χ0n) is 10.9. The highest BCUT2D eigenvalue weighted by molar-refractivity contribution is 7.20. The van der Waals surface area contributed by atoms with Crippen LogP contribution >= 0.6 is 11.3 Å². The van der Waals surface area contributed by atoms with Crippen molar-refractivity contribution < 1.29 is 0 Å². The molecular weight excluding hydrogens is 238 g/mol. The van der Waals surface area contributed by atoms with Gasteiger partial charge in [-0.1, -0.05) is 30.4 Å². The van der Waals surface area contributed by atoms with Crippen molar-refractivity contribution in [3.8, 4) is 0 Å². The van der Waals surface area contributed by atoms with Crippen molar-refractivity contribution >= 4 is 33.2 Å². The highest BCUT2D eigenvalue weighted by Gasteiger charge is 2.10. The van der Waals surface area contributed by atoms with Crippen molar-refractivity contribution in [2.45, 2.75) is 20.8 Å². The molecule has 18 heavy (non-hydrogen) atoms. The van der Waals surface area contributed by atoms with Crippen LogP contribution in [0.25, 0.3) is 15.7 Å². The van der Waals surface area contributed by atoms with E-state index < -0.39 is 0 Å². The van der Waals surface area contributed by atoms with E-state index in [1.165, 1.54) is 32.3 Å². The van der Waals surface area contributed by atoms with Crippen LogP contribution in [0.5, 0.6) is 0 Å². The lowest BCUT2D eigenvalue weighted by atomic mass is 10.1. The van der Waals surface area contributed by atoms with Crippen molar-refractivity contribution in [2.75, 3.05) is 0 Å². The van der Waals surface area contributed by atoms with Crippen LogP contribution in [0.2, 0.25) is 0 Å². The Morgan fingerprint density at radius 3 is 2.67 bits per heavy atom. The first-order chi connectivity index (χ1) is 8.71. The molecule has 0 spiro atoms. The Morgan fingerprint density at radius 1 is 1.28 bits per heavy atom. The van der Waals surface area contributed by atoms with Gasteiger partial charge in [-0.05, 0) is 48.9 Å². The predicted octanol–water partition coefficient (Wildman–Crippen LogP) is 5.19. The summed E-state index contributed by atoms with van der Waals surface area (Å²) in [4.78, 5) is 1.33. The first kappa shape index (κ1) is 12.8. The number of aryl methyl sites for hydroxylation is 1. The Kier molecular flexibility index (Phi) is 3.78. The molecule has 0 bridgehead atoms. The number of hydrogen-bond donors (Lipinski definition) is 1. The molecule has 0 aliphatic rings. The van der Waals surface area contributed by atoms with Gasteiger partial charge in [-0.2, -0.15) is 0 Å². The van der Waals surface area contributed by atoms with E-state index in [0.717, 1.165) is 5.56 Å². The number of fused-ring (bicyclic) bond motifs is 1. The van der Waals surface area contributed by atoms with Crippen LogP contribution in [0, 0.1) is 12.3 Å². The van der Waals surface area contributed by atoms with Gasteiger partial charge in [0.2, 0.25) is 0 Å². The molecule has 1 heterocycles. The minimum Gasteiger partial charge on any atom is -0.308 e. The van der Waals surface area contributed by atoms with E-state index in [-0.39, 0.29) is 0 Å². The number of benzene rings is 1. The maximum absolute atomic E-state index is 7.32. The SMILES string of the molecule is C/C=C\C(=C/C)c1sc2cc(C=N)ccc2c1C. The first-order valence-corrected chi connectivity index (χ1v) is 6.86. The minimum atomic E-state index is 0.961. The van der Waals surface area contributed by atoms with Crippen LogP contribution in [0.1, 0.15) is 29.9 Å². The quantitative estimate of drug-likeness (QED) is 0.576. The average molecular weight is 255 g/mol. The highest BCUT2D eigenvalue weighted by Crippen LogP contribution is 2.36. The highest BCUT2D eigenvalue weighted by atomic mass is 32.1. The van der Waals surface area contributed by atoms with Crippen LogP contribution in [-0.2, 0) is 0 Å². The van der Waals surface area contributed by atoms with E-state index in [1.54, 1.807) is 11.3 Å². The average Bonchev–Trinajstić information content (AvgIpc) is 2.72. The van der Waals surface area contributed by atoms with Gasteiger partial charge < -0.3 is 5.41 Å². The molecule has 1 aromatic carbocycles. The summed E-state index contributed by atoms with van der Waals surface area (Å²) < 4.78 is 1.26. The van der Waals surface area contributed by atoms with E-state index in [1.807, 2.05) is 13.0 Å². The standard InChI is InChI=1S/C16H17NS/c1-4-6-13(5-2)16-11(3)14-8-7-12(10-17)9-15(14)18-16/h4-10,17H,1-3H3/b6-4-,13-5+,17-10?.